The number of carbonyl (C=O) groups is 2. The molecular weight excluding hydrogens is 414 g/mol. The van der Waals surface area contributed by atoms with Crippen molar-refractivity contribution in [1.29, 1.82) is 0 Å². The van der Waals surface area contributed by atoms with Gasteiger partial charge in [0.15, 0.2) is 0 Å². The van der Waals surface area contributed by atoms with Gasteiger partial charge >= 0.3 is 0 Å². The Morgan fingerprint density at radius 1 is 1.06 bits per heavy atom. The highest BCUT2D eigenvalue weighted by Crippen LogP contribution is 2.30. The van der Waals surface area contributed by atoms with Crippen LogP contribution in [0.5, 0.6) is 5.75 Å². The second kappa shape index (κ2) is 10.3. The third-order valence-corrected chi connectivity index (χ3v) is 6.25. The maximum absolute atomic E-state index is 13.1. The van der Waals surface area contributed by atoms with Crippen LogP contribution in [0, 0.1) is 0 Å². The molecule has 0 unspecified atom stereocenters. The summed E-state index contributed by atoms with van der Waals surface area (Å²) in [5, 5.41) is 6.34. The van der Waals surface area contributed by atoms with Crippen molar-refractivity contribution in [3.8, 4) is 5.75 Å². The number of nitrogens with zero attached hydrogens (tertiary/aromatic N) is 1. The molecule has 1 fully saturated rings. The summed E-state index contributed by atoms with van der Waals surface area (Å²) < 4.78 is 5.24. The van der Waals surface area contributed by atoms with Gasteiger partial charge < -0.3 is 15.4 Å². The third-order valence-electron chi connectivity index (χ3n) is 6.25. The molecule has 0 saturated carbocycles. The van der Waals surface area contributed by atoms with E-state index in [9.17, 15) is 9.59 Å². The second-order valence-corrected chi connectivity index (χ2v) is 8.55. The zero-order valence-corrected chi connectivity index (χ0v) is 18.8. The predicted molar refractivity (Wildman–Crippen MR) is 127 cm³/mol. The smallest absolute Gasteiger partial charge is 0.220 e. The molecule has 1 aromatic heterocycles. The van der Waals surface area contributed by atoms with E-state index in [1.807, 2.05) is 66.7 Å². The maximum Gasteiger partial charge on any atom is 0.220 e. The Morgan fingerprint density at radius 2 is 1.76 bits per heavy atom. The van der Waals surface area contributed by atoms with Crippen molar-refractivity contribution in [3.05, 3.63) is 95.8 Å². The number of pyridine rings is 1. The second-order valence-electron chi connectivity index (χ2n) is 8.55. The number of hydrogen-bond acceptors (Lipinski definition) is 4. The van der Waals surface area contributed by atoms with E-state index in [0.29, 0.717) is 25.7 Å². The van der Waals surface area contributed by atoms with Gasteiger partial charge in [-0.15, -0.1) is 0 Å². The summed E-state index contributed by atoms with van der Waals surface area (Å²) in [6.07, 6.45) is 6.26. The first-order chi connectivity index (χ1) is 16.1. The molecule has 33 heavy (non-hydrogen) atoms. The fraction of sp³-hybridized carbons (Fsp3) is 0.296. The van der Waals surface area contributed by atoms with Gasteiger partial charge in [-0.2, -0.15) is 0 Å². The van der Waals surface area contributed by atoms with Gasteiger partial charge in [0, 0.05) is 30.8 Å². The highest BCUT2D eigenvalue weighted by Gasteiger charge is 2.38. The van der Waals surface area contributed by atoms with Crippen LogP contribution in [0.25, 0.3) is 0 Å². The number of methoxy groups -OCH3 is 1. The Hall–Kier alpha value is -3.67. The van der Waals surface area contributed by atoms with Crippen LogP contribution >= 0.6 is 0 Å². The number of ether oxygens (including phenoxy) is 1. The lowest BCUT2D eigenvalue weighted by molar-refractivity contribution is -0.123. The summed E-state index contributed by atoms with van der Waals surface area (Å²) in [6.45, 7) is 0. The first-order valence-corrected chi connectivity index (χ1v) is 11.3. The van der Waals surface area contributed by atoms with Crippen LogP contribution in [0.3, 0.4) is 0 Å². The zero-order valence-electron chi connectivity index (χ0n) is 18.8. The largest absolute Gasteiger partial charge is 0.497 e. The number of carbonyl (C=O) groups excluding carboxylic acids is 2. The van der Waals surface area contributed by atoms with Crippen LogP contribution in [-0.4, -0.2) is 29.4 Å². The topological polar surface area (TPSA) is 80.3 Å². The van der Waals surface area contributed by atoms with E-state index in [4.69, 9.17) is 4.74 Å². The summed E-state index contributed by atoms with van der Waals surface area (Å²) in [6, 6.07) is 21.4. The first-order valence-electron chi connectivity index (χ1n) is 11.3. The normalized spacial score (nSPS) is 18.4. The fourth-order valence-corrected chi connectivity index (χ4v) is 4.46. The van der Waals surface area contributed by atoms with Crippen molar-refractivity contribution in [1.82, 2.24) is 15.6 Å². The van der Waals surface area contributed by atoms with Gasteiger partial charge in [0.25, 0.3) is 0 Å². The molecular formula is C27H29N3O3. The van der Waals surface area contributed by atoms with E-state index in [1.54, 1.807) is 19.5 Å². The molecule has 1 aliphatic heterocycles. The van der Waals surface area contributed by atoms with Gasteiger partial charge in [0.1, 0.15) is 5.75 Å². The molecule has 1 saturated heterocycles. The summed E-state index contributed by atoms with van der Waals surface area (Å²) in [5.41, 5.74) is 2.69. The van der Waals surface area contributed by atoms with Crippen LogP contribution in [-0.2, 0) is 16.0 Å². The molecule has 0 aliphatic carbocycles. The standard InChI is InChI=1S/C27H29N3O3/c1-33-23-9-7-20(8-10-23)19-27(16-12-25(32)30-27)15-11-24(31)29-26(21-5-3-2-4-6-21)22-13-17-28-18-14-22/h2-10,13-14,17-18,26H,11-12,15-16,19H2,1H3,(H,29,31)(H,30,32)/t26-,27-/m0/s1. The van der Waals surface area contributed by atoms with E-state index in [-0.39, 0.29) is 17.9 Å². The van der Waals surface area contributed by atoms with Crippen molar-refractivity contribution in [2.24, 2.45) is 0 Å². The molecule has 2 aromatic carbocycles. The molecule has 4 rings (SSSR count). The summed E-state index contributed by atoms with van der Waals surface area (Å²) in [4.78, 5) is 29.3. The van der Waals surface area contributed by atoms with Gasteiger partial charge in [-0.05, 0) is 60.2 Å². The van der Waals surface area contributed by atoms with Gasteiger partial charge in [-0.25, -0.2) is 0 Å². The molecule has 170 valence electrons. The molecule has 0 spiro atoms. The lowest BCUT2D eigenvalue weighted by Crippen LogP contribution is -2.44. The van der Waals surface area contributed by atoms with Gasteiger partial charge in [-0.3, -0.25) is 14.6 Å². The van der Waals surface area contributed by atoms with Gasteiger partial charge in [-0.1, -0.05) is 42.5 Å². The molecule has 2 amide bonds. The molecule has 6 nitrogen and oxygen atoms in total. The molecule has 3 aromatic rings. The molecule has 0 radical (unpaired) electrons. The molecule has 2 atom stereocenters. The number of benzene rings is 2. The van der Waals surface area contributed by atoms with E-state index in [1.165, 1.54) is 0 Å². The average molecular weight is 444 g/mol. The Labute approximate surface area is 194 Å². The molecule has 2 N–H and O–H groups in total. The lowest BCUT2D eigenvalue weighted by Gasteiger charge is -2.30. The minimum Gasteiger partial charge on any atom is -0.497 e. The molecule has 0 bridgehead atoms. The summed E-state index contributed by atoms with van der Waals surface area (Å²) in [5.74, 6) is 0.796. The Morgan fingerprint density at radius 3 is 2.39 bits per heavy atom. The predicted octanol–water partition coefficient (Wildman–Crippen LogP) is 3.97. The van der Waals surface area contributed by atoms with Crippen molar-refractivity contribution in [2.45, 2.75) is 43.7 Å². The van der Waals surface area contributed by atoms with E-state index < -0.39 is 5.54 Å². The Kier molecular flexibility index (Phi) is 7.03. The monoisotopic (exact) mass is 443 g/mol. The van der Waals surface area contributed by atoms with Crippen LogP contribution in [0.15, 0.2) is 79.1 Å². The Bertz CT molecular complexity index is 1030. The van der Waals surface area contributed by atoms with Crippen molar-refractivity contribution in [2.75, 3.05) is 7.11 Å². The number of nitrogens with one attached hydrogen (secondary N) is 2. The number of aromatic nitrogens is 1. The van der Waals surface area contributed by atoms with Gasteiger partial charge in [0.05, 0.1) is 13.2 Å². The third kappa shape index (κ3) is 5.77. The van der Waals surface area contributed by atoms with Crippen LogP contribution in [0.1, 0.15) is 48.4 Å². The number of rotatable bonds is 9. The minimum absolute atomic E-state index is 0.0443. The number of amides is 2. The SMILES string of the molecule is COc1ccc(C[C@]2(CCC(=O)N[C@@H](c3ccccc3)c3ccncc3)CCC(=O)N2)cc1. The Balaban J connectivity index is 1.45. The first kappa shape index (κ1) is 22.5. The van der Waals surface area contributed by atoms with E-state index in [2.05, 4.69) is 15.6 Å². The van der Waals surface area contributed by atoms with Crippen molar-refractivity contribution in [3.63, 3.8) is 0 Å². The van der Waals surface area contributed by atoms with Gasteiger partial charge in [0.2, 0.25) is 11.8 Å². The van der Waals surface area contributed by atoms with E-state index >= 15 is 0 Å². The molecule has 1 aliphatic rings. The average Bonchev–Trinajstić information content (AvgIpc) is 3.23. The highest BCUT2D eigenvalue weighted by atomic mass is 16.5. The van der Waals surface area contributed by atoms with Crippen LogP contribution < -0.4 is 15.4 Å². The van der Waals surface area contributed by atoms with E-state index in [0.717, 1.165) is 28.9 Å². The summed E-state index contributed by atoms with van der Waals surface area (Å²) in [7, 11) is 1.64. The van der Waals surface area contributed by atoms with Crippen LogP contribution in [0.2, 0.25) is 0 Å². The zero-order chi connectivity index (χ0) is 23.1. The maximum atomic E-state index is 13.1. The highest BCUT2D eigenvalue weighted by molar-refractivity contribution is 5.80. The molecule has 2 heterocycles. The molecule has 6 heteroatoms. The summed E-state index contributed by atoms with van der Waals surface area (Å²) >= 11 is 0. The van der Waals surface area contributed by atoms with Crippen molar-refractivity contribution < 1.29 is 14.3 Å². The number of hydrogen-bond donors (Lipinski definition) is 2. The quantitative estimate of drug-likeness (QED) is 0.525. The lowest BCUT2D eigenvalue weighted by atomic mass is 9.85. The van der Waals surface area contributed by atoms with Crippen LogP contribution in [0.4, 0.5) is 0 Å². The van der Waals surface area contributed by atoms with Crippen molar-refractivity contribution >= 4 is 11.8 Å². The minimum atomic E-state index is -0.415. The fourth-order valence-electron chi connectivity index (χ4n) is 4.46.